The van der Waals surface area contributed by atoms with E-state index in [9.17, 15) is 10.2 Å². The Labute approximate surface area is 121 Å². The first kappa shape index (κ1) is 11.5. The highest BCUT2D eigenvalue weighted by molar-refractivity contribution is 6.18. The standard InChI is InChI=1S/C18H14O3/c19-13-8-6-9-5-7-12-15(14(9)16(13)20)10-3-1-2-4-11(10)17-18(12)21-17/h1-5,7,13,16,19-20H,6,8H2/t13-,16-/m1/s1. The van der Waals surface area contributed by atoms with Crippen molar-refractivity contribution in [2.75, 3.05) is 0 Å². The molecule has 3 nitrogen and oxygen atoms in total. The van der Waals surface area contributed by atoms with E-state index in [1.165, 1.54) is 0 Å². The Morgan fingerprint density at radius 3 is 2.52 bits per heavy atom. The normalized spacial score (nSPS) is 22.8. The minimum Gasteiger partial charge on any atom is -0.448 e. The second-order valence-electron chi connectivity index (χ2n) is 5.92. The molecule has 1 aliphatic heterocycles. The summed E-state index contributed by atoms with van der Waals surface area (Å²) >= 11 is 0. The van der Waals surface area contributed by atoms with Crippen LogP contribution < -0.4 is 4.74 Å². The number of benzene rings is 3. The number of aryl methyl sites for hydroxylation is 1. The summed E-state index contributed by atoms with van der Waals surface area (Å²) in [6.45, 7) is 0. The summed E-state index contributed by atoms with van der Waals surface area (Å²) in [6.07, 6.45) is -0.0984. The maximum absolute atomic E-state index is 10.5. The topological polar surface area (TPSA) is 53.0 Å². The summed E-state index contributed by atoms with van der Waals surface area (Å²) in [5.74, 6) is 1.86. The molecule has 3 aromatic rings. The lowest BCUT2D eigenvalue weighted by Gasteiger charge is -2.28. The van der Waals surface area contributed by atoms with Gasteiger partial charge in [0, 0.05) is 10.8 Å². The van der Waals surface area contributed by atoms with Gasteiger partial charge in [-0.05, 0) is 34.7 Å². The maximum Gasteiger partial charge on any atom is 0.178 e. The fourth-order valence-electron chi connectivity index (χ4n) is 3.68. The first-order valence-corrected chi connectivity index (χ1v) is 7.30. The number of aliphatic hydroxyl groups is 2. The molecule has 0 fully saturated rings. The third kappa shape index (κ3) is 1.40. The van der Waals surface area contributed by atoms with Gasteiger partial charge in [0.1, 0.15) is 6.10 Å². The lowest BCUT2D eigenvalue weighted by molar-refractivity contribution is 0.00751. The van der Waals surface area contributed by atoms with Gasteiger partial charge in [0.15, 0.2) is 11.5 Å². The van der Waals surface area contributed by atoms with Gasteiger partial charge in [-0.3, -0.25) is 0 Å². The largest absolute Gasteiger partial charge is 0.448 e. The molecular formula is C18H14O3. The number of rotatable bonds is 0. The molecule has 2 atom stereocenters. The minimum atomic E-state index is -0.822. The van der Waals surface area contributed by atoms with Gasteiger partial charge in [0.05, 0.1) is 6.10 Å². The van der Waals surface area contributed by atoms with Crippen molar-refractivity contribution in [3.05, 3.63) is 47.5 Å². The van der Waals surface area contributed by atoms with Crippen molar-refractivity contribution in [3.8, 4) is 11.5 Å². The Bertz CT molecular complexity index is 913. The van der Waals surface area contributed by atoms with Crippen LogP contribution in [0.3, 0.4) is 0 Å². The van der Waals surface area contributed by atoms with E-state index >= 15 is 0 Å². The first-order chi connectivity index (χ1) is 10.3. The molecule has 2 aliphatic rings. The van der Waals surface area contributed by atoms with E-state index in [1.807, 2.05) is 18.2 Å². The van der Waals surface area contributed by atoms with Crippen molar-refractivity contribution < 1.29 is 14.9 Å². The molecule has 104 valence electrons. The third-order valence-electron chi connectivity index (χ3n) is 4.76. The molecular weight excluding hydrogens is 264 g/mol. The molecule has 5 rings (SSSR count). The molecule has 0 aromatic heterocycles. The average molecular weight is 278 g/mol. The van der Waals surface area contributed by atoms with Gasteiger partial charge in [0.2, 0.25) is 0 Å². The molecule has 21 heavy (non-hydrogen) atoms. The fourth-order valence-corrected chi connectivity index (χ4v) is 3.68. The summed E-state index contributed by atoms with van der Waals surface area (Å²) < 4.78 is 5.67. The Morgan fingerprint density at radius 2 is 1.67 bits per heavy atom. The average Bonchev–Trinajstić information content (AvgIpc) is 3.31. The molecule has 0 radical (unpaired) electrons. The minimum absolute atomic E-state index is 0.610. The molecule has 0 spiro atoms. The van der Waals surface area contributed by atoms with Crippen LogP contribution in [0.5, 0.6) is 11.5 Å². The van der Waals surface area contributed by atoms with Gasteiger partial charge in [-0.15, -0.1) is 0 Å². The summed E-state index contributed by atoms with van der Waals surface area (Å²) in [6, 6.07) is 12.2. The van der Waals surface area contributed by atoms with Gasteiger partial charge >= 0.3 is 0 Å². The Balaban J connectivity index is 2.01. The zero-order chi connectivity index (χ0) is 14.1. The summed E-state index contributed by atoms with van der Waals surface area (Å²) in [5.41, 5.74) is 2.01. The second-order valence-corrected chi connectivity index (χ2v) is 5.92. The third-order valence-corrected chi connectivity index (χ3v) is 4.76. The zero-order valence-corrected chi connectivity index (χ0v) is 11.3. The van der Waals surface area contributed by atoms with Crippen molar-refractivity contribution in [1.82, 2.24) is 0 Å². The van der Waals surface area contributed by atoms with E-state index in [4.69, 9.17) is 4.74 Å². The van der Waals surface area contributed by atoms with Gasteiger partial charge in [0.25, 0.3) is 0 Å². The van der Waals surface area contributed by atoms with E-state index in [2.05, 4.69) is 18.2 Å². The highest BCUT2D eigenvalue weighted by Gasteiger charge is 2.33. The van der Waals surface area contributed by atoms with Crippen LogP contribution in [-0.2, 0) is 6.42 Å². The number of ether oxygens (including phenoxy) is 1. The van der Waals surface area contributed by atoms with Crippen molar-refractivity contribution in [1.29, 1.82) is 0 Å². The smallest absolute Gasteiger partial charge is 0.178 e. The second kappa shape index (κ2) is 3.75. The lowest BCUT2D eigenvalue weighted by Crippen LogP contribution is -2.25. The molecule has 0 saturated carbocycles. The van der Waals surface area contributed by atoms with E-state index in [-0.39, 0.29) is 0 Å². The van der Waals surface area contributed by atoms with Gasteiger partial charge in [-0.1, -0.05) is 36.4 Å². The maximum atomic E-state index is 10.5. The predicted octanol–water partition coefficient (Wildman–Crippen LogP) is 3.44. The summed E-state index contributed by atoms with van der Waals surface area (Å²) in [4.78, 5) is 0. The summed E-state index contributed by atoms with van der Waals surface area (Å²) in [5, 5.41) is 24.8. The zero-order valence-electron chi connectivity index (χ0n) is 11.3. The van der Waals surface area contributed by atoms with E-state index in [0.717, 1.165) is 50.6 Å². The van der Waals surface area contributed by atoms with E-state index in [0.29, 0.717) is 6.42 Å². The predicted molar refractivity (Wildman–Crippen MR) is 80.8 cm³/mol. The highest BCUT2D eigenvalue weighted by atomic mass is 16.6. The van der Waals surface area contributed by atoms with Crippen LogP contribution in [0.1, 0.15) is 23.7 Å². The van der Waals surface area contributed by atoms with Crippen molar-refractivity contribution >= 4 is 21.5 Å². The van der Waals surface area contributed by atoms with Crippen molar-refractivity contribution in [2.45, 2.75) is 25.0 Å². The van der Waals surface area contributed by atoms with Crippen LogP contribution in [0.15, 0.2) is 36.4 Å². The van der Waals surface area contributed by atoms with Crippen LogP contribution in [0.25, 0.3) is 21.5 Å². The molecule has 3 heteroatoms. The van der Waals surface area contributed by atoms with E-state index < -0.39 is 12.2 Å². The molecule has 0 saturated heterocycles. The van der Waals surface area contributed by atoms with Crippen LogP contribution >= 0.6 is 0 Å². The molecule has 3 aromatic carbocycles. The Morgan fingerprint density at radius 1 is 0.905 bits per heavy atom. The highest BCUT2D eigenvalue weighted by Crippen LogP contribution is 2.57. The summed E-state index contributed by atoms with van der Waals surface area (Å²) in [7, 11) is 0. The molecule has 0 amide bonds. The molecule has 2 N–H and O–H groups in total. The Hall–Kier alpha value is -2.10. The first-order valence-electron chi connectivity index (χ1n) is 7.30. The number of fused-ring (bicyclic) bond motifs is 8. The monoisotopic (exact) mass is 278 g/mol. The Kier molecular flexibility index (Phi) is 2.06. The number of aliphatic hydroxyl groups excluding tert-OH is 2. The van der Waals surface area contributed by atoms with Gasteiger partial charge < -0.3 is 14.9 Å². The number of hydrogen-bond acceptors (Lipinski definition) is 3. The SMILES string of the molecule is O[C@@H]1CCc2ccc3c4c(c5ccccc5c3c2[C@@H]1O)O4. The molecule has 0 bridgehead atoms. The van der Waals surface area contributed by atoms with Crippen molar-refractivity contribution in [2.24, 2.45) is 0 Å². The van der Waals surface area contributed by atoms with Gasteiger partial charge in [-0.2, -0.15) is 0 Å². The van der Waals surface area contributed by atoms with Crippen LogP contribution in [0.4, 0.5) is 0 Å². The number of hydrogen-bond donors (Lipinski definition) is 2. The van der Waals surface area contributed by atoms with Crippen LogP contribution in [0.2, 0.25) is 0 Å². The fraction of sp³-hybridized carbons (Fsp3) is 0.222. The molecule has 0 unspecified atom stereocenters. The van der Waals surface area contributed by atoms with Crippen LogP contribution in [-0.4, -0.2) is 16.3 Å². The van der Waals surface area contributed by atoms with Crippen molar-refractivity contribution in [3.63, 3.8) is 0 Å². The van der Waals surface area contributed by atoms with Gasteiger partial charge in [-0.25, -0.2) is 0 Å². The lowest BCUT2D eigenvalue weighted by atomic mass is 9.83. The molecule has 1 aliphatic carbocycles. The van der Waals surface area contributed by atoms with E-state index in [1.54, 1.807) is 0 Å². The quantitative estimate of drug-likeness (QED) is 0.383. The van der Waals surface area contributed by atoms with Crippen LogP contribution in [0, 0.1) is 0 Å². The molecule has 1 heterocycles.